The summed E-state index contributed by atoms with van der Waals surface area (Å²) in [7, 11) is 0. The number of amides is 1. The number of hydrogen-bond acceptors (Lipinski definition) is 3. The molecule has 0 bridgehead atoms. The molecule has 25 heavy (non-hydrogen) atoms. The molecule has 0 spiro atoms. The SMILES string of the molecule is O=C(COC(=O)c1ccccc1C(F)(F)F)NCc1ccccc1Cl. The van der Waals surface area contributed by atoms with Gasteiger partial charge in [0.2, 0.25) is 0 Å². The molecule has 2 aromatic rings. The minimum atomic E-state index is -4.69. The first-order valence-corrected chi connectivity index (χ1v) is 7.50. The Morgan fingerprint density at radius 2 is 1.68 bits per heavy atom. The minimum Gasteiger partial charge on any atom is -0.452 e. The summed E-state index contributed by atoms with van der Waals surface area (Å²) in [6.07, 6.45) is -4.69. The van der Waals surface area contributed by atoms with Crippen LogP contribution in [0.5, 0.6) is 0 Å². The summed E-state index contributed by atoms with van der Waals surface area (Å²) in [5, 5.41) is 2.93. The molecule has 0 aliphatic carbocycles. The van der Waals surface area contributed by atoms with Gasteiger partial charge in [0, 0.05) is 11.6 Å². The lowest BCUT2D eigenvalue weighted by Crippen LogP contribution is -2.29. The van der Waals surface area contributed by atoms with Gasteiger partial charge in [0.15, 0.2) is 6.61 Å². The van der Waals surface area contributed by atoms with Crippen molar-refractivity contribution in [2.24, 2.45) is 0 Å². The van der Waals surface area contributed by atoms with E-state index in [1.165, 1.54) is 6.07 Å². The molecular formula is C17H13ClF3NO3. The van der Waals surface area contributed by atoms with Gasteiger partial charge in [-0.2, -0.15) is 13.2 Å². The summed E-state index contributed by atoms with van der Waals surface area (Å²) in [5.41, 5.74) is -1.10. The zero-order chi connectivity index (χ0) is 18.4. The molecule has 0 fully saturated rings. The molecule has 0 aromatic heterocycles. The van der Waals surface area contributed by atoms with E-state index >= 15 is 0 Å². The summed E-state index contributed by atoms with van der Waals surface area (Å²) in [6.45, 7) is -0.593. The Bertz CT molecular complexity index is 778. The van der Waals surface area contributed by atoms with Gasteiger partial charge in [-0.25, -0.2) is 4.79 Å². The molecule has 0 atom stereocenters. The number of hydrogen-bond donors (Lipinski definition) is 1. The summed E-state index contributed by atoms with van der Waals surface area (Å²) in [4.78, 5) is 23.5. The van der Waals surface area contributed by atoms with E-state index in [1.807, 2.05) is 0 Å². The second-order valence-electron chi connectivity index (χ2n) is 4.99. The Morgan fingerprint density at radius 3 is 2.36 bits per heavy atom. The smallest absolute Gasteiger partial charge is 0.417 e. The van der Waals surface area contributed by atoms with E-state index in [1.54, 1.807) is 24.3 Å². The summed E-state index contributed by atoms with van der Waals surface area (Å²) >= 11 is 5.93. The molecule has 0 radical (unpaired) electrons. The third kappa shape index (κ3) is 5.22. The van der Waals surface area contributed by atoms with Gasteiger partial charge < -0.3 is 10.1 Å². The number of alkyl halides is 3. The predicted molar refractivity (Wildman–Crippen MR) is 85.0 cm³/mol. The molecule has 2 rings (SSSR count). The molecule has 0 saturated carbocycles. The summed E-state index contributed by atoms with van der Waals surface area (Å²) < 4.78 is 43.2. The standard InChI is InChI=1S/C17H13ClF3NO3/c18-14-8-4-1-5-11(14)9-22-15(23)10-25-16(24)12-6-2-3-7-13(12)17(19,20)21/h1-8H,9-10H2,(H,22,23). The van der Waals surface area contributed by atoms with Crippen LogP contribution in [0.2, 0.25) is 5.02 Å². The average molecular weight is 372 g/mol. The molecule has 1 N–H and O–H groups in total. The van der Waals surface area contributed by atoms with Crippen molar-refractivity contribution in [2.75, 3.05) is 6.61 Å². The van der Waals surface area contributed by atoms with Crippen molar-refractivity contribution in [1.29, 1.82) is 0 Å². The van der Waals surface area contributed by atoms with Gasteiger partial charge in [-0.05, 0) is 23.8 Å². The second kappa shape index (κ2) is 8.02. The maximum atomic E-state index is 12.9. The lowest BCUT2D eigenvalue weighted by molar-refractivity contribution is -0.138. The summed E-state index contributed by atoms with van der Waals surface area (Å²) in [6, 6.07) is 11.0. The highest BCUT2D eigenvalue weighted by Crippen LogP contribution is 2.32. The van der Waals surface area contributed by atoms with Gasteiger partial charge >= 0.3 is 12.1 Å². The lowest BCUT2D eigenvalue weighted by atomic mass is 10.1. The van der Waals surface area contributed by atoms with E-state index in [4.69, 9.17) is 11.6 Å². The Balaban J connectivity index is 1.92. The topological polar surface area (TPSA) is 55.4 Å². The van der Waals surface area contributed by atoms with Gasteiger partial charge in [0.05, 0.1) is 11.1 Å². The first-order valence-electron chi connectivity index (χ1n) is 7.12. The Kier molecular flexibility index (Phi) is 6.03. The van der Waals surface area contributed by atoms with E-state index in [0.717, 1.165) is 18.2 Å². The number of carbonyl (C=O) groups is 2. The minimum absolute atomic E-state index is 0.106. The normalized spacial score (nSPS) is 11.0. The van der Waals surface area contributed by atoms with Gasteiger partial charge in [-0.15, -0.1) is 0 Å². The van der Waals surface area contributed by atoms with Crippen LogP contribution in [0.25, 0.3) is 0 Å². The number of halogens is 4. The number of benzene rings is 2. The number of nitrogens with one attached hydrogen (secondary N) is 1. The molecule has 4 nitrogen and oxygen atoms in total. The Hall–Kier alpha value is -2.54. The van der Waals surface area contributed by atoms with Crippen molar-refractivity contribution >= 4 is 23.5 Å². The molecule has 0 aliphatic heterocycles. The lowest BCUT2D eigenvalue weighted by Gasteiger charge is -2.12. The van der Waals surface area contributed by atoms with Crippen molar-refractivity contribution in [3.8, 4) is 0 Å². The number of carbonyl (C=O) groups excluding carboxylic acids is 2. The maximum Gasteiger partial charge on any atom is 0.417 e. The average Bonchev–Trinajstić information content (AvgIpc) is 2.58. The van der Waals surface area contributed by atoms with Gasteiger partial charge in [0.25, 0.3) is 5.91 Å². The zero-order valence-corrected chi connectivity index (χ0v) is 13.5. The number of ether oxygens (including phenoxy) is 1. The van der Waals surface area contributed by atoms with E-state index < -0.39 is 35.8 Å². The van der Waals surface area contributed by atoms with Crippen molar-refractivity contribution in [1.82, 2.24) is 5.32 Å². The number of rotatable bonds is 5. The highest BCUT2D eigenvalue weighted by atomic mass is 35.5. The van der Waals surface area contributed by atoms with E-state index in [9.17, 15) is 22.8 Å². The molecule has 0 saturated heterocycles. The highest BCUT2D eigenvalue weighted by molar-refractivity contribution is 6.31. The fourth-order valence-electron chi connectivity index (χ4n) is 2.00. The van der Waals surface area contributed by atoms with Crippen LogP contribution in [0.1, 0.15) is 21.5 Å². The molecule has 0 unspecified atom stereocenters. The summed E-state index contributed by atoms with van der Waals surface area (Å²) in [5.74, 6) is -1.88. The van der Waals surface area contributed by atoms with Crippen LogP contribution in [0.15, 0.2) is 48.5 Å². The third-order valence-electron chi connectivity index (χ3n) is 3.22. The maximum absolute atomic E-state index is 12.9. The third-order valence-corrected chi connectivity index (χ3v) is 3.59. The van der Waals surface area contributed by atoms with Crippen LogP contribution in [-0.2, 0) is 22.3 Å². The van der Waals surface area contributed by atoms with E-state index in [-0.39, 0.29) is 6.54 Å². The fourth-order valence-corrected chi connectivity index (χ4v) is 2.21. The van der Waals surface area contributed by atoms with Gasteiger partial charge in [0.1, 0.15) is 0 Å². The Morgan fingerprint density at radius 1 is 1.04 bits per heavy atom. The van der Waals surface area contributed by atoms with Gasteiger partial charge in [-0.1, -0.05) is 41.9 Å². The van der Waals surface area contributed by atoms with E-state index in [0.29, 0.717) is 10.6 Å². The molecule has 1 amide bonds. The van der Waals surface area contributed by atoms with Crippen molar-refractivity contribution in [3.63, 3.8) is 0 Å². The largest absolute Gasteiger partial charge is 0.452 e. The van der Waals surface area contributed by atoms with Crippen LogP contribution < -0.4 is 5.32 Å². The quantitative estimate of drug-likeness (QED) is 0.813. The van der Waals surface area contributed by atoms with Crippen molar-refractivity contribution in [3.05, 3.63) is 70.2 Å². The van der Waals surface area contributed by atoms with Crippen LogP contribution >= 0.6 is 11.6 Å². The molecule has 2 aromatic carbocycles. The van der Waals surface area contributed by atoms with Crippen molar-refractivity contribution in [2.45, 2.75) is 12.7 Å². The fraction of sp³-hybridized carbons (Fsp3) is 0.176. The van der Waals surface area contributed by atoms with E-state index in [2.05, 4.69) is 10.1 Å². The Labute approximate surface area is 146 Å². The molecule has 8 heteroatoms. The first-order chi connectivity index (χ1) is 11.8. The molecule has 0 aliphatic rings. The highest BCUT2D eigenvalue weighted by Gasteiger charge is 2.35. The van der Waals surface area contributed by atoms with Gasteiger partial charge in [-0.3, -0.25) is 4.79 Å². The molecule has 0 heterocycles. The van der Waals surface area contributed by atoms with Crippen molar-refractivity contribution < 1.29 is 27.5 Å². The molecule has 132 valence electrons. The van der Waals surface area contributed by atoms with Crippen LogP contribution in [0, 0.1) is 0 Å². The first kappa shape index (κ1) is 18.8. The van der Waals surface area contributed by atoms with Crippen LogP contribution in [0.4, 0.5) is 13.2 Å². The number of esters is 1. The second-order valence-corrected chi connectivity index (χ2v) is 5.39. The van der Waals surface area contributed by atoms with Crippen LogP contribution in [-0.4, -0.2) is 18.5 Å². The monoisotopic (exact) mass is 371 g/mol. The molecular weight excluding hydrogens is 359 g/mol. The predicted octanol–water partition coefficient (Wildman–Crippen LogP) is 3.83. The zero-order valence-electron chi connectivity index (χ0n) is 12.8. The van der Waals surface area contributed by atoms with Crippen LogP contribution in [0.3, 0.4) is 0 Å².